The van der Waals surface area contributed by atoms with Gasteiger partial charge in [0.1, 0.15) is 0 Å². The minimum absolute atomic E-state index is 0.0277. The van der Waals surface area contributed by atoms with Gasteiger partial charge in [-0.15, -0.1) is 0 Å². The van der Waals surface area contributed by atoms with Crippen LogP contribution in [0.1, 0.15) is 12.5 Å². The van der Waals surface area contributed by atoms with Crippen LogP contribution >= 0.6 is 0 Å². The molecule has 0 atom stereocenters. The minimum Gasteiger partial charge on any atom is -0.369 e. The SMILES string of the molecule is CC(=O)Nc1ccc(S(=O)(=O)N(C)CC(=O)Nc2ccccc2N(C)Cc2ccccc2)cc1. The summed E-state index contributed by atoms with van der Waals surface area (Å²) in [5, 5.41) is 5.41. The van der Waals surface area contributed by atoms with Crippen molar-refractivity contribution in [3.8, 4) is 0 Å². The van der Waals surface area contributed by atoms with Gasteiger partial charge in [-0.1, -0.05) is 42.5 Å². The third-order valence-electron chi connectivity index (χ3n) is 5.10. The number of amides is 2. The molecule has 34 heavy (non-hydrogen) atoms. The van der Waals surface area contributed by atoms with Crippen molar-refractivity contribution in [2.45, 2.75) is 18.4 Å². The Balaban J connectivity index is 1.68. The second-order valence-electron chi connectivity index (χ2n) is 7.87. The lowest BCUT2D eigenvalue weighted by Gasteiger charge is -2.23. The molecule has 0 fully saturated rings. The Kier molecular flexibility index (Phi) is 8.04. The number of hydrogen-bond donors (Lipinski definition) is 2. The van der Waals surface area contributed by atoms with Gasteiger partial charge in [0, 0.05) is 33.3 Å². The smallest absolute Gasteiger partial charge is 0.243 e. The molecule has 0 bridgehead atoms. The topological polar surface area (TPSA) is 98.8 Å². The molecule has 2 amide bonds. The first-order valence-electron chi connectivity index (χ1n) is 10.6. The van der Waals surface area contributed by atoms with Crippen LogP contribution < -0.4 is 15.5 Å². The maximum atomic E-state index is 12.9. The zero-order chi connectivity index (χ0) is 24.7. The summed E-state index contributed by atoms with van der Waals surface area (Å²) in [4.78, 5) is 25.9. The van der Waals surface area contributed by atoms with Crippen LogP contribution in [-0.2, 0) is 26.2 Å². The number of carbonyl (C=O) groups is 2. The standard InChI is InChI=1S/C25H28N4O4S/c1-19(30)26-21-13-15-22(16-14-21)34(32,33)29(3)18-25(31)27-23-11-7-8-12-24(23)28(2)17-20-9-5-4-6-10-20/h4-16H,17-18H2,1-3H3,(H,26,30)(H,27,31). The third kappa shape index (κ3) is 6.43. The summed E-state index contributed by atoms with van der Waals surface area (Å²) in [6, 6.07) is 23.1. The van der Waals surface area contributed by atoms with Gasteiger partial charge in [-0.05, 0) is 42.0 Å². The van der Waals surface area contributed by atoms with Crippen molar-refractivity contribution in [3.05, 3.63) is 84.4 Å². The van der Waals surface area contributed by atoms with Gasteiger partial charge < -0.3 is 15.5 Å². The van der Waals surface area contributed by atoms with Crippen molar-refractivity contribution in [3.63, 3.8) is 0 Å². The predicted octanol–water partition coefficient (Wildman–Crippen LogP) is 3.54. The Morgan fingerprint density at radius 3 is 2.09 bits per heavy atom. The molecular formula is C25H28N4O4S. The van der Waals surface area contributed by atoms with Gasteiger partial charge in [0.25, 0.3) is 0 Å². The Morgan fingerprint density at radius 1 is 0.824 bits per heavy atom. The molecule has 0 aliphatic heterocycles. The van der Waals surface area contributed by atoms with Crippen molar-refractivity contribution >= 4 is 38.9 Å². The van der Waals surface area contributed by atoms with Crippen molar-refractivity contribution in [2.24, 2.45) is 0 Å². The summed E-state index contributed by atoms with van der Waals surface area (Å²) in [6.07, 6.45) is 0. The molecule has 0 unspecified atom stereocenters. The van der Waals surface area contributed by atoms with Gasteiger partial charge in [-0.25, -0.2) is 8.42 Å². The van der Waals surface area contributed by atoms with Crippen LogP contribution in [-0.4, -0.2) is 45.2 Å². The highest BCUT2D eigenvalue weighted by atomic mass is 32.2. The van der Waals surface area contributed by atoms with Gasteiger partial charge >= 0.3 is 0 Å². The van der Waals surface area contributed by atoms with Crippen LogP contribution in [0.2, 0.25) is 0 Å². The number of para-hydroxylation sites is 2. The second kappa shape index (κ2) is 11.0. The predicted molar refractivity (Wildman–Crippen MR) is 134 cm³/mol. The highest BCUT2D eigenvalue weighted by molar-refractivity contribution is 7.89. The average molecular weight is 481 g/mol. The summed E-state index contributed by atoms with van der Waals surface area (Å²) >= 11 is 0. The maximum Gasteiger partial charge on any atom is 0.243 e. The molecule has 0 heterocycles. The number of carbonyl (C=O) groups excluding carboxylic acids is 2. The van der Waals surface area contributed by atoms with Crippen LogP contribution in [0.15, 0.2) is 83.8 Å². The van der Waals surface area contributed by atoms with E-state index in [9.17, 15) is 18.0 Å². The van der Waals surface area contributed by atoms with E-state index in [-0.39, 0.29) is 17.3 Å². The fraction of sp³-hybridized carbons (Fsp3) is 0.200. The quantitative estimate of drug-likeness (QED) is 0.488. The monoisotopic (exact) mass is 480 g/mol. The Labute approximate surface area is 200 Å². The van der Waals surface area contributed by atoms with Crippen molar-refractivity contribution in [2.75, 3.05) is 36.2 Å². The summed E-state index contributed by atoms with van der Waals surface area (Å²) < 4.78 is 26.8. The fourth-order valence-corrected chi connectivity index (χ4v) is 4.55. The number of hydrogen-bond acceptors (Lipinski definition) is 5. The van der Waals surface area contributed by atoms with E-state index in [1.807, 2.05) is 60.5 Å². The van der Waals surface area contributed by atoms with Gasteiger partial charge in [0.15, 0.2) is 0 Å². The molecule has 2 N–H and O–H groups in total. The maximum absolute atomic E-state index is 12.9. The fourth-order valence-electron chi connectivity index (χ4n) is 3.43. The molecule has 9 heteroatoms. The zero-order valence-corrected chi connectivity index (χ0v) is 20.2. The van der Waals surface area contributed by atoms with Gasteiger partial charge in [-0.3, -0.25) is 9.59 Å². The largest absolute Gasteiger partial charge is 0.369 e. The number of rotatable bonds is 9. The van der Waals surface area contributed by atoms with E-state index >= 15 is 0 Å². The van der Waals surface area contributed by atoms with E-state index in [1.54, 1.807) is 6.07 Å². The van der Waals surface area contributed by atoms with Gasteiger partial charge in [0.05, 0.1) is 22.8 Å². The molecule has 0 aliphatic rings. The second-order valence-corrected chi connectivity index (χ2v) is 9.92. The lowest BCUT2D eigenvalue weighted by Crippen LogP contribution is -2.35. The lowest BCUT2D eigenvalue weighted by atomic mass is 10.2. The number of likely N-dealkylation sites (N-methyl/N-ethyl adjacent to an activating group) is 1. The molecule has 0 aromatic heterocycles. The number of anilines is 3. The summed E-state index contributed by atoms with van der Waals surface area (Å²) in [5.74, 6) is -0.708. The van der Waals surface area contributed by atoms with E-state index in [2.05, 4.69) is 10.6 Å². The number of nitrogens with one attached hydrogen (secondary N) is 2. The Hall–Kier alpha value is -3.69. The molecule has 0 radical (unpaired) electrons. The van der Waals surface area contributed by atoms with Crippen LogP contribution in [0.25, 0.3) is 0 Å². The highest BCUT2D eigenvalue weighted by Crippen LogP contribution is 2.26. The average Bonchev–Trinajstić information content (AvgIpc) is 2.80. The molecule has 8 nitrogen and oxygen atoms in total. The summed E-state index contributed by atoms with van der Waals surface area (Å²) in [5.41, 5.74) is 3.03. The van der Waals surface area contributed by atoms with Gasteiger partial charge in [0.2, 0.25) is 21.8 Å². The van der Waals surface area contributed by atoms with E-state index in [0.29, 0.717) is 17.9 Å². The highest BCUT2D eigenvalue weighted by Gasteiger charge is 2.23. The summed E-state index contributed by atoms with van der Waals surface area (Å²) in [7, 11) is -0.608. The van der Waals surface area contributed by atoms with Gasteiger partial charge in [-0.2, -0.15) is 4.31 Å². The normalized spacial score (nSPS) is 11.2. The van der Waals surface area contributed by atoms with E-state index in [4.69, 9.17) is 0 Å². The molecule has 0 saturated heterocycles. The number of benzene rings is 3. The molecule has 3 aromatic carbocycles. The third-order valence-corrected chi connectivity index (χ3v) is 6.92. The van der Waals surface area contributed by atoms with Crippen LogP contribution in [0.3, 0.4) is 0 Å². The van der Waals surface area contributed by atoms with E-state index in [1.165, 1.54) is 38.2 Å². The first-order valence-corrected chi connectivity index (χ1v) is 12.1. The Bertz CT molecular complexity index is 1250. The number of nitrogens with zero attached hydrogens (tertiary/aromatic N) is 2. The first-order chi connectivity index (χ1) is 16.2. The molecular weight excluding hydrogens is 452 g/mol. The summed E-state index contributed by atoms with van der Waals surface area (Å²) in [6.45, 7) is 1.66. The molecule has 178 valence electrons. The lowest BCUT2D eigenvalue weighted by molar-refractivity contribution is -0.116. The molecule has 0 spiro atoms. The zero-order valence-electron chi connectivity index (χ0n) is 19.4. The van der Waals surface area contributed by atoms with Crippen LogP contribution in [0.4, 0.5) is 17.1 Å². The van der Waals surface area contributed by atoms with Crippen molar-refractivity contribution < 1.29 is 18.0 Å². The number of sulfonamides is 1. The first kappa shape index (κ1) is 24.9. The van der Waals surface area contributed by atoms with E-state index < -0.39 is 15.9 Å². The molecule has 3 aromatic rings. The molecule has 0 aliphatic carbocycles. The van der Waals surface area contributed by atoms with Crippen molar-refractivity contribution in [1.82, 2.24) is 4.31 Å². The molecule has 0 saturated carbocycles. The Morgan fingerprint density at radius 2 is 1.44 bits per heavy atom. The van der Waals surface area contributed by atoms with Crippen LogP contribution in [0.5, 0.6) is 0 Å². The van der Waals surface area contributed by atoms with Crippen molar-refractivity contribution in [1.29, 1.82) is 0 Å². The van der Waals surface area contributed by atoms with E-state index in [0.717, 1.165) is 15.6 Å². The molecule has 3 rings (SSSR count). The minimum atomic E-state index is -3.89. The van der Waals surface area contributed by atoms with Crippen LogP contribution in [0, 0.1) is 0 Å².